The number of benzene rings is 1. The van der Waals surface area contributed by atoms with Crippen molar-refractivity contribution in [3.05, 3.63) is 57.0 Å². The van der Waals surface area contributed by atoms with Gasteiger partial charge in [0.05, 0.1) is 4.92 Å². The molecule has 1 heterocycles. The average molecular weight is 286 g/mol. The molecule has 0 radical (unpaired) electrons. The standard InChI is InChI=1S/C15H18N4O2/c1-4-13-8-15(18-11(3)17-13)16-9-12-6-5-7-14(10(12)2)19(20)21/h5-8H,4,9H2,1-3H3,(H,16,17,18). The third-order valence-electron chi connectivity index (χ3n) is 3.33. The summed E-state index contributed by atoms with van der Waals surface area (Å²) in [6, 6.07) is 7.00. The number of nitro benzene ring substituents is 1. The molecule has 0 fully saturated rings. The summed E-state index contributed by atoms with van der Waals surface area (Å²) in [5.74, 6) is 1.46. The predicted octanol–water partition coefficient (Wildman–Crippen LogP) is 3.18. The summed E-state index contributed by atoms with van der Waals surface area (Å²) in [5.41, 5.74) is 2.68. The fourth-order valence-electron chi connectivity index (χ4n) is 2.15. The lowest BCUT2D eigenvalue weighted by Gasteiger charge is -2.10. The van der Waals surface area contributed by atoms with Crippen molar-refractivity contribution in [2.24, 2.45) is 0 Å². The van der Waals surface area contributed by atoms with E-state index in [2.05, 4.69) is 15.3 Å². The number of nitrogens with one attached hydrogen (secondary N) is 1. The Bertz CT molecular complexity index is 671. The van der Waals surface area contributed by atoms with Gasteiger partial charge >= 0.3 is 0 Å². The molecule has 0 aliphatic rings. The Morgan fingerprint density at radius 2 is 2.05 bits per heavy atom. The van der Waals surface area contributed by atoms with Crippen molar-refractivity contribution in [1.29, 1.82) is 0 Å². The van der Waals surface area contributed by atoms with Gasteiger partial charge in [-0.05, 0) is 25.8 Å². The molecule has 0 aliphatic carbocycles. The van der Waals surface area contributed by atoms with E-state index in [1.807, 2.05) is 26.0 Å². The highest BCUT2D eigenvalue weighted by atomic mass is 16.6. The van der Waals surface area contributed by atoms with Crippen LogP contribution in [0, 0.1) is 24.0 Å². The first kappa shape index (κ1) is 14.9. The van der Waals surface area contributed by atoms with Crippen molar-refractivity contribution in [2.45, 2.75) is 33.7 Å². The quantitative estimate of drug-likeness (QED) is 0.674. The Hall–Kier alpha value is -2.50. The number of hydrogen-bond acceptors (Lipinski definition) is 5. The van der Waals surface area contributed by atoms with E-state index in [4.69, 9.17) is 0 Å². The lowest BCUT2D eigenvalue weighted by molar-refractivity contribution is -0.385. The molecule has 0 saturated heterocycles. The van der Waals surface area contributed by atoms with Gasteiger partial charge in [-0.3, -0.25) is 10.1 Å². The summed E-state index contributed by atoms with van der Waals surface area (Å²) in [4.78, 5) is 19.2. The highest BCUT2D eigenvalue weighted by molar-refractivity contribution is 5.46. The van der Waals surface area contributed by atoms with E-state index in [9.17, 15) is 10.1 Å². The largest absolute Gasteiger partial charge is 0.366 e. The maximum atomic E-state index is 10.9. The molecule has 0 aliphatic heterocycles. The molecule has 0 atom stereocenters. The van der Waals surface area contributed by atoms with Gasteiger partial charge in [0.1, 0.15) is 11.6 Å². The molecule has 2 rings (SSSR count). The second-order valence-electron chi connectivity index (χ2n) is 4.82. The number of nitrogens with zero attached hydrogens (tertiary/aromatic N) is 3. The van der Waals surface area contributed by atoms with E-state index in [-0.39, 0.29) is 10.6 Å². The van der Waals surface area contributed by atoms with Gasteiger partial charge in [0.15, 0.2) is 0 Å². The minimum Gasteiger partial charge on any atom is -0.366 e. The minimum absolute atomic E-state index is 0.141. The third kappa shape index (κ3) is 3.53. The van der Waals surface area contributed by atoms with Crippen LogP contribution in [0.1, 0.15) is 29.6 Å². The van der Waals surface area contributed by atoms with Crippen LogP contribution < -0.4 is 5.32 Å². The molecule has 1 aromatic carbocycles. The monoisotopic (exact) mass is 286 g/mol. The molecule has 6 heteroatoms. The number of nitro groups is 1. The van der Waals surface area contributed by atoms with Gasteiger partial charge in [0, 0.05) is 29.9 Å². The minimum atomic E-state index is -0.358. The van der Waals surface area contributed by atoms with Crippen LogP contribution in [-0.2, 0) is 13.0 Å². The highest BCUT2D eigenvalue weighted by Crippen LogP contribution is 2.21. The van der Waals surface area contributed by atoms with Crippen molar-refractivity contribution < 1.29 is 4.92 Å². The molecule has 1 N–H and O–H groups in total. The van der Waals surface area contributed by atoms with Crippen molar-refractivity contribution in [1.82, 2.24) is 9.97 Å². The lowest BCUT2D eigenvalue weighted by atomic mass is 10.1. The van der Waals surface area contributed by atoms with Gasteiger partial charge in [-0.1, -0.05) is 19.1 Å². The Kier molecular flexibility index (Phi) is 4.47. The van der Waals surface area contributed by atoms with Gasteiger partial charge < -0.3 is 5.32 Å². The first-order valence-corrected chi connectivity index (χ1v) is 6.82. The van der Waals surface area contributed by atoms with Crippen LogP contribution >= 0.6 is 0 Å². The summed E-state index contributed by atoms with van der Waals surface area (Å²) in [6.45, 7) is 6.14. The molecule has 0 bridgehead atoms. The SMILES string of the molecule is CCc1cc(NCc2cccc([N+](=O)[O-])c2C)nc(C)n1. The van der Waals surface area contributed by atoms with Crippen LogP contribution in [0.15, 0.2) is 24.3 Å². The van der Waals surface area contributed by atoms with Crippen molar-refractivity contribution in [2.75, 3.05) is 5.32 Å². The molecular weight excluding hydrogens is 268 g/mol. The zero-order valence-electron chi connectivity index (χ0n) is 12.4. The summed E-state index contributed by atoms with van der Waals surface area (Å²) in [6.07, 6.45) is 0.841. The first-order valence-electron chi connectivity index (χ1n) is 6.82. The predicted molar refractivity (Wildman–Crippen MR) is 81.3 cm³/mol. The van der Waals surface area contributed by atoms with Crippen molar-refractivity contribution >= 4 is 11.5 Å². The summed E-state index contributed by atoms with van der Waals surface area (Å²) in [7, 11) is 0. The van der Waals surface area contributed by atoms with Gasteiger partial charge in [0.25, 0.3) is 5.69 Å². The molecule has 0 spiro atoms. The number of anilines is 1. The van der Waals surface area contributed by atoms with Crippen molar-refractivity contribution in [3.63, 3.8) is 0 Å². The van der Waals surface area contributed by atoms with Crippen LogP contribution in [0.5, 0.6) is 0 Å². The van der Waals surface area contributed by atoms with Gasteiger partial charge in [-0.25, -0.2) is 9.97 Å². The van der Waals surface area contributed by atoms with Crippen LogP contribution in [0.4, 0.5) is 11.5 Å². The fraction of sp³-hybridized carbons (Fsp3) is 0.333. The number of hydrogen-bond donors (Lipinski definition) is 1. The molecule has 2 aromatic rings. The van der Waals surface area contributed by atoms with Crippen LogP contribution in [0.2, 0.25) is 0 Å². The summed E-state index contributed by atoms with van der Waals surface area (Å²) in [5, 5.41) is 14.2. The van der Waals surface area contributed by atoms with E-state index >= 15 is 0 Å². The van der Waals surface area contributed by atoms with E-state index in [0.717, 1.165) is 23.5 Å². The normalized spacial score (nSPS) is 10.4. The third-order valence-corrected chi connectivity index (χ3v) is 3.33. The molecular formula is C15H18N4O2. The molecule has 21 heavy (non-hydrogen) atoms. The number of aryl methyl sites for hydroxylation is 2. The molecule has 0 amide bonds. The summed E-state index contributed by atoms with van der Waals surface area (Å²) < 4.78 is 0. The molecule has 0 saturated carbocycles. The van der Waals surface area contributed by atoms with Gasteiger partial charge in [0.2, 0.25) is 0 Å². The zero-order chi connectivity index (χ0) is 15.4. The van der Waals surface area contributed by atoms with E-state index in [1.165, 1.54) is 6.07 Å². The van der Waals surface area contributed by atoms with E-state index < -0.39 is 0 Å². The fourth-order valence-corrected chi connectivity index (χ4v) is 2.15. The van der Waals surface area contributed by atoms with Gasteiger partial charge in [-0.15, -0.1) is 0 Å². The Labute approximate surface area is 123 Å². The second kappa shape index (κ2) is 6.30. The highest BCUT2D eigenvalue weighted by Gasteiger charge is 2.13. The topological polar surface area (TPSA) is 81.0 Å². The molecule has 0 unspecified atom stereocenters. The van der Waals surface area contributed by atoms with Gasteiger partial charge in [-0.2, -0.15) is 0 Å². The molecule has 6 nitrogen and oxygen atoms in total. The average Bonchev–Trinajstić information content (AvgIpc) is 2.45. The number of aromatic nitrogens is 2. The van der Waals surface area contributed by atoms with Crippen LogP contribution in [0.25, 0.3) is 0 Å². The van der Waals surface area contributed by atoms with E-state index in [0.29, 0.717) is 17.9 Å². The zero-order valence-corrected chi connectivity index (χ0v) is 12.4. The Morgan fingerprint density at radius 3 is 2.71 bits per heavy atom. The Morgan fingerprint density at radius 1 is 1.29 bits per heavy atom. The van der Waals surface area contributed by atoms with Crippen LogP contribution in [0.3, 0.4) is 0 Å². The maximum absolute atomic E-state index is 10.9. The smallest absolute Gasteiger partial charge is 0.272 e. The van der Waals surface area contributed by atoms with Crippen LogP contribution in [-0.4, -0.2) is 14.9 Å². The summed E-state index contributed by atoms with van der Waals surface area (Å²) >= 11 is 0. The first-order chi connectivity index (χ1) is 10.0. The lowest BCUT2D eigenvalue weighted by Crippen LogP contribution is -2.06. The second-order valence-corrected chi connectivity index (χ2v) is 4.82. The van der Waals surface area contributed by atoms with E-state index in [1.54, 1.807) is 13.0 Å². The molecule has 1 aromatic heterocycles. The van der Waals surface area contributed by atoms with Crippen molar-refractivity contribution in [3.8, 4) is 0 Å². The Balaban J connectivity index is 2.19. The number of rotatable bonds is 5. The maximum Gasteiger partial charge on any atom is 0.272 e. The molecule has 110 valence electrons.